The Bertz CT molecular complexity index is 825. The zero-order chi connectivity index (χ0) is 17.7. The molecule has 0 aliphatic heterocycles. The second-order valence-electron chi connectivity index (χ2n) is 5.18. The third-order valence-electron chi connectivity index (χ3n) is 3.33. The van der Waals surface area contributed by atoms with Crippen molar-refractivity contribution in [1.29, 1.82) is 0 Å². The zero-order valence-electron chi connectivity index (χ0n) is 13.4. The van der Waals surface area contributed by atoms with E-state index in [9.17, 15) is 19.7 Å². The number of nitro groups is 1. The molecule has 0 bridgehead atoms. The molecule has 0 amide bonds. The molecule has 0 saturated heterocycles. The Morgan fingerprint density at radius 2 is 2.08 bits per heavy atom. The average Bonchev–Trinajstić information content (AvgIpc) is 2.52. The van der Waals surface area contributed by atoms with Crippen molar-refractivity contribution < 1.29 is 23.6 Å². The minimum atomic E-state index is -0.623. The van der Waals surface area contributed by atoms with E-state index in [1.165, 1.54) is 18.2 Å². The first-order valence-corrected chi connectivity index (χ1v) is 7.43. The number of nitro benzene ring substituents is 1. The van der Waals surface area contributed by atoms with Crippen molar-refractivity contribution in [3.8, 4) is 5.75 Å². The molecule has 0 spiro atoms. The van der Waals surface area contributed by atoms with E-state index in [1.54, 1.807) is 6.92 Å². The quantitative estimate of drug-likeness (QED) is 0.251. The SMILES string of the molecule is CCCCOC(=O)COc1cc2oc(=O)cc(C)c2cc1[N+](=O)[O-]. The molecular formula is C16H17NO7. The monoisotopic (exact) mass is 335 g/mol. The molecule has 8 heteroatoms. The van der Waals surface area contributed by atoms with Crippen LogP contribution in [0.5, 0.6) is 5.75 Å². The van der Waals surface area contributed by atoms with Crippen molar-refractivity contribution in [3.05, 3.63) is 44.3 Å². The molecule has 0 radical (unpaired) electrons. The van der Waals surface area contributed by atoms with Crippen LogP contribution >= 0.6 is 0 Å². The number of hydrogen-bond donors (Lipinski definition) is 0. The lowest BCUT2D eigenvalue weighted by molar-refractivity contribution is -0.385. The molecule has 0 unspecified atom stereocenters. The number of hydrogen-bond acceptors (Lipinski definition) is 7. The number of rotatable bonds is 7. The lowest BCUT2D eigenvalue weighted by Crippen LogP contribution is -2.16. The average molecular weight is 335 g/mol. The van der Waals surface area contributed by atoms with Crippen LogP contribution in [0, 0.1) is 17.0 Å². The number of carbonyl (C=O) groups is 1. The van der Waals surface area contributed by atoms with Gasteiger partial charge in [0.05, 0.1) is 11.5 Å². The van der Waals surface area contributed by atoms with Gasteiger partial charge in [-0.15, -0.1) is 0 Å². The summed E-state index contributed by atoms with van der Waals surface area (Å²) in [5, 5.41) is 11.6. The predicted octanol–water partition coefficient (Wildman–Crippen LogP) is 2.73. The van der Waals surface area contributed by atoms with E-state index in [4.69, 9.17) is 13.9 Å². The van der Waals surface area contributed by atoms with Gasteiger partial charge in [0.25, 0.3) is 0 Å². The summed E-state index contributed by atoms with van der Waals surface area (Å²) >= 11 is 0. The van der Waals surface area contributed by atoms with Crippen LogP contribution < -0.4 is 10.4 Å². The molecule has 1 heterocycles. The minimum absolute atomic E-state index is 0.153. The number of aryl methyl sites for hydroxylation is 1. The highest BCUT2D eigenvalue weighted by Gasteiger charge is 2.20. The van der Waals surface area contributed by atoms with Gasteiger partial charge in [0.15, 0.2) is 6.61 Å². The van der Waals surface area contributed by atoms with E-state index in [1.807, 2.05) is 6.92 Å². The van der Waals surface area contributed by atoms with Gasteiger partial charge >= 0.3 is 17.3 Å². The van der Waals surface area contributed by atoms with Gasteiger partial charge in [0.2, 0.25) is 5.75 Å². The third kappa shape index (κ3) is 4.09. The highest BCUT2D eigenvalue weighted by atomic mass is 16.6. The van der Waals surface area contributed by atoms with Crippen molar-refractivity contribution in [2.75, 3.05) is 13.2 Å². The maximum atomic E-state index is 11.6. The molecule has 0 fully saturated rings. The van der Waals surface area contributed by atoms with Gasteiger partial charge in [0, 0.05) is 23.6 Å². The van der Waals surface area contributed by atoms with Crippen molar-refractivity contribution in [2.24, 2.45) is 0 Å². The normalized spacial score (nSPS) is 10.6. The summed E-state index contributed by atoms with van der Waals surface area (Å²) in [6, 6.07) is 3.74. The highest BCUT2D eigenvalue weighted by molar-refractivity contribution is 5.85. The first kappa shape index (κ1) is 17.5. The second-order valence-corrected chi connectivity index (χ2v) is 5.18. The summed E-state index contributed by atoms with van der Waals surface area (Å²) in [5.74, 6) is -0.780. The van der Waals surface area contributed by atoms with Crippen LogP contribution in [0.2, 0.25) is 0 Å². The lowest BCUT2D eigenvalue weighted by Gasteiger charge is -2.08. The molecule has 2 rings (SSSR count). The van der Waals surface area contributed by atoms with E-state index < -0.39 is 23.1 Å². The minimum Gasteiger partial charge on any atom is -0.475 e. The van der Waals surface area contributed by atoms with E-state index in [0.29, 0.717) is 10.9 Å². The summed E-state index contributed by atoms with van der Waals surface area (Å²) in [6.07, 6.45) is 1.61. The number of unbranched alkanes of at least 4 members (excludes halogenated alkanes) is 1. The largest absolute Gasteiger partial charge is 0.475 e. The van der Waals surface area contributed by atoms with Gasteiger partial charge in [-0.3, -0.25) is 10.1 Å². The number of nitrogens with zero attached hydrogens (tertiary/aromatic N) is 1. The van der Waals surface area contributed by atoms with Gasteiger partial charge in [-0.2, -0.15) is 0 Å². The van der Waals surface area contributed by atoms with Crippen LogP contribution in [0.3, 0.4) is 0 Å². The maximum Gasteiger partial charge on any atom is 0.344 e. The van der Waals surface area contributed by atoms with Gasteiger partial charge in [0.1, 0.15) is 5.58 Å². The first-order valence-electron chi connectivity index (χ1n) is 7.43. The van der Waals surface area contributed by atoms with Crippen LogP contribution in [0.25, 0.3) is 11.0 Å². The summed E-state index contributed by atoms with van der Waals surface area (Å²) < 4.78 is 15.2. The van der Waals surface area contributed by atoms with Crippen molar-refractivity contribution in [3.63, 3.8) is 0 Å². The molecule has 0 aliphatic rings. The Hall–Kier alpha value is -2.90. The summed E-state index contributed by atoms with van der Waals surface area (Å²) in [7, 11) is 0. The standard InChI is InChI=1S/C16H17NO7/c1-3-4-5-22-16(19)9-23-14-8-13-11(7-12(14)17(20)21)10(2)6-15(18)24-13/h6-8H,3-5,9H2,1-2H3. The van der Waals surface area contributed by atoms with Gasteiger partial charge < -0.3 is 13.9 Å². The van der Waals surface area contributed by atoms with Crippen molar-refractivity contribution in [1.82, 2.24) is 0 Å². The molecular weight excluding hydrogens is 318 g/mol. The number of ether oxygens (including phenoxy) is 2. The van der Waals surface area contributed by atoms with Gasteiger partial charge in [-0.1, -0.05) is 13.3 Å². The molecule has 0 saturated carbocycles. The Balaban J connectivity index is 2.28. The van der Waals surface area contributed by atoms with Crippen molar-refractivity contribution in [2.45, 2.75) is 26.7 Å². The van der Waals surface area contributed by atoms with Crippen LogP contribution in [0.4, 0.5) is 5.69 Å². The van der Waals surface area contributed by atoms with E-state index >= 15 is 0 Å². The Morgan fingerprint density at radius 1 is 1.33 bits per heavy atom. The number of fused-ring (bicyclic) bond motifs is 1. The van der Waals surface area contributed by atoms with Crippen molar-refractivity contribution >= 4 is 22.6 Å². The molecule has 128 valence electrons. The third-order valence-corrected chi connectivity index (χ3v) is 3.33. The van der Waals surface area contributed by atoms with Gasteiger partial charge in [-0.25, -0.2) is 9.59 Å². The van der Waals surface area contributed by atoms with Crippen LogP contribution in [-0.2, 0) is 9.53 Å². The lowest BCUT2D eigenvalue weighted by atomic mass is 10.1. The molecule has 24 heavy (non-hydrogen) atoms. The van der Waals surface area contributed by atoms with Crippen LogP contribution in [0.15, 0.2) is 27.4 Å². The number of benzene rings is 1. The fourth-order valence-electron chi connectivity index (χ4n) is 2.10. The molecule has 2 aromatic rings. The predicted molar refractivity (Wildman–Crippen MR) is 85.2 cm³/mol. The van der Waals surface area contributed by atoms with Crippen LogP contribution in [0.1, 0.15) is 25.3 Å². The Labute approximate surface area is 137 Å². The molecule has 0 N–H and O–H groups in total. The topological polar surface area (TPSA) is 109 Å². The highest BCUT2D eigenvalue weighted by Crippen LogP contribution is 2.33. The second kappa shape index (κ2) is 7.58. The fourth-order valence-corrected chi connectivity index (χ4v) is 2.10. The summed E-state index contributed by atoms with van der Waals surface area (Å²) in [4.78, 5) is 33.6. The summed E-state index contributed by atoms with van der Waals surface area (Å²) in [5.41, 5.74) is -0.186. The first-order chi connectivity index (χ1) is 11.4. The molecule has 0 atom stereocenters. The van der Waals surface area contributed by atoms with E-state index in [0.717, 1.165) is 12.8 Å². The van der Waals surface area contributed by atoms with Crippen LogP contribution in [-0.4, -0.2) is 24.1 Å². The zero-order valence-corrected chi connectivity index (χ0v) is 13.4. The smallest absolute Gasteiger partial charge is 0.344 e. The molecule has 0 aliphatic carbocycles. The summed E-state index contributed by atoms with van der Waals surface area (Å²) in [6.45, 7) is 3.41. The van der Waals surface area contributed by atoms with E-state index in [2.05, 4.69) is 0 Å². The maximum absolute atomic E-state index is 11.6. The number of esters is 1. The Kier molecular flexibility index (Phi) is 5.51. The van der Waals surface area contributed by atoms with E-state index in [-0.39, 0.29) is 23.6 Å². The Morgan fingerprint density at radius 3 is 2.75 bits per heavy atom. The number of carbonyl (C=O) groups excluding carboxylic acids is 1. The fraction of sp³-hybridized carbons (Fsp3) is 0.375. The molecule has 1 aromatic heterocycles. The van der Waals surface area contributed by atoms with Gasteiger partial charge in [-0.05, 0) is 18.9 Å². The molecule has 8 nitrogen and oxygen atoms in total. The molecule has 1 aromatic carbocycles.